The largest absolute Gasteiger partial charge is 0.297 e. The number of hydrogen-bond acceptors (Lipinski definition) is 2. The summed E-state index contributed by atoms with van der Waals surface area (Å²) in [7, 11) is 0. The van der Waals surface area contributed by atoms with Crippen LogP contribution in [0, 0.1) is 0 Å². The van der Waals surface area contributed by atoms with Crippen LogP contribution in [0.1, 0.15) is 16.1 Å². The summed E-state index contributed by atoms with van der Waals surface area (Å²) < 4.78 is 1.73. The van der Waals surface area contributed by atoms with E-state index in [1.807, 2.05) is 18.2 Å². The third-order valence-electron chi connectivity index (χ3n) is 2.83. The summed E-state index contributed by atoms with van der Waals surface area (Å²) >= 11 is 11.9. The Morgan fingerprint density at radius 2 is 2.00 bits per heavy atom. The van der Waals surface area contributed by atoms with Gasteiger partial charge in [0.25, 0.3) is 0 Å². The van der Waals surface area contributed by atoms with E-state index in [2.05, 4.69) is 4.98 Å². The zero-order valence-corrected chi connectivity index (χ0v) is 11.2. The topological polar surface area (TPSA) is 34.4 Å². The standard InChI is InChI=1S/C14H8Cl2N2O/c15-9-4-5-10(11(16)7-9)14(19)12-8-17-13-3-1-2-6-18(12)13/h1-8H. The molecule has 0 atom stereocenters. The monoisotopic (exact) mass is 290 g/mol. The van der Waals surface area contributed by atoms with Crippen LogP contribution in [0.2, 0.25) is 10.0 Å². The Balaban J connectivity index is 2.13. The van der Waals surface area contributed by atoms with Gasteiger partial charge in [-0.25, -0.2) is 4.98 Å². The number of halogens is 2. The van der Waals surface area contributed by atoms with Crippen molar-refractivity contribution in [3.63, 3.8) is 0 Å². The minimum atomic E-state index is -0.180. The summed E-state index contributed by atoms with van der Waals surface area (Å²) in [5.74, 6) is -0.180. The molecule has 5 heteroatoms. The van der Waals surface area contributed by atoms with E-state index in [1.54, 1.807) is 35.0 Å². The van der Waals surface area contributed by atoms with Crippen LogP contribution in [0.5, 0.6) is 0 Å². The molecule has 3 rings (SSSR count). The van der Waals surface area contributed by atoms with Gasteiger partial charge in [-0.05, 0) is 30.3 Å². The molecule has 94 valence electrons. The third-order valence-corrected chi connectivity index (χ3v) is 3.37. The van der Waals surface area contributed by atoms with Crippen LogP contribution in [0.15, 0.2) is 48.8 Å². The van der Waals surface area contributed by atoms with Gasteiger partial charge in [-0.2, -0.15) is 0 Å². The lowest BCUT2D eigenvalue weighted by molar-refractivity contribution is 0.103. The molecule has 0 saturated carbocycles. The number of nitrogens with zero attached hydrogens (tertiary/aromatic N) is 2. The van der Waals surface area contributed by atoms with Gasteiger partial charge in [-0.3, -0.25) is 9.20 Å². The van der Waals surface area contributed by atoms with Crippen molar-refractivity contribution in [2.45, 2.75) is 0 Å². The van der Waals surface area contributed by atoms with Crippen LogP contribution in [0.25, 0.3) is 5.65 Å². The first-order valence-corrected chi connectivity index (χ1v) is 6.34. The number of rotatable bonds is 2. The van der Waals surface area contributed by atoms with E-state index in [9.17, 15) is 4.79 Å². The van der Waals surface area contributed by atoms with Crippen molar-refractivity contribution in [3.05, 3.63) is 70.1 Å². The minimum absolute atomic E-state index is 0.180. The van der Waals surface area contributed by atoms with Crippen molar-refractivity contribution in [3.8, 4) is 0 Å². The number of benzene rings is 1. The van der Waals surface area contributed by atoms with Gasteiger partial charge in [0.1, 0.15) is 11.3 Å². The highest BCUT2D eigenvalue weighted by atomic mass is 35.5. The van der Waals surface area contributed by atoms with Crippen LogP contribution in [0.4, 0.5) is 0 Å². The highest BCUT2D eigenvalue weighted by molar-refractivity contribution is 6.37. The van der Waals surface area contributed by atoms with Crippen LogP contribution in [-0.2, 0) is 0 Å². The number of aromatic nitrogens is 2. The fourth-order valence-corrected chi connectivity index (χ4v) is 2.41. The van der Waals surface area contributed by atoms with Gasteiger partial charge in [0.05, 0.1) is 11.2 Å². The third kappa shape index (κ3) is 2.11. The lowest BCUT2D eigenvalue weighted by atomic mass is 10.1. The Morgan fingerprint density at radius 3 is 2.79 bits per heavy atom. The van der Waals surface area contributed by atoms with Crippen molar-refractivity contribution >= 4 is 34.6 Å². The number of carbonyl (C=O) groups is 1. The maximum absolute atomic E-state index is 12.5. The molecule has 3 nitrogen and oxygen atoms in total. The number of hydrogen-bond donors (Lipinski definition) is 0. The van der Waals surface area contributed by atoms with E-state index in [1.165, 1.54) is 0 Å². The van der Waals surface area contributed by atoms with Crippen LogP contribution in [0.3, 0.4) is 0 Å². The predicted octanol–water partition coefficient (Wildman–Crippen LogP) is 3.87. The van der Waals surface area contributed by atoms with Gasteiger partial charge < -0.3 is 0 Å². The second-order valence-corrected chi connectivity index (χ2v) is 4.87. The number of ketones is 1. The molecule has 0 amide bonds. The molecular weight excluding hydrogens is 283 g/mol. The van der Waals surface area contributed by atoms with E-state index in [0.717, 1.165) is 5.65 Å². The summed E-state index contributed by atoms with van der Waals surface area (Å²) in [6, 6.07) is 10.4. The summed E-state index contributed by atoms with van der Waals surface area (Å²) in [6.45, 7) is 0. The van der Waals surface area contributed by atoms with E-state index >= 15 is 0 Å². The maximum atomic E-state index is 12.5. The molecule has 1 aromatic carbocycles. The summed E-state index contributed by atoms with van der Waals surface area (Å²) in [6.07, 6.45) is 3.34. The number of pyridine rings is 1. The molecule has 0 bridgehead atoms. The van der Waals surface area contributed by atoms with E-state index < -0.39 is 0 Å². The van der Waals surface area contributed by atoms with Crippen LogP contribution >= 0.6 is 23.2 Å². The van der Waals surface area contributed by atoms with Crippen molar-refractivity contribution < 1.29 is 4.79 Å². The quantitative estimate of drug-likeness (QED) is 0.672. The van der Waals surface area contributed by atoms with Gasteiger partial charge in [-0.15, -0.1) is 0 Å². The lowest BCUT2D eigenvalue weighted by Crippen LogP contribution is -2.05. The fourth-order valence-electron chi connectivity index (χ4n) is 1.91. The van der Waals surface area contributed by atoms with Gasteiger partial charge >= 0.3 is 0 Å². The fraction of sp³-hybridized carbons (Fsp3) is 0. The first-order chi connectivity index (χ1) is 9.16. The first-order valence-electron chi connectivity index (χ1n) is 5.58. The van der Waals surface area contributed by atoms with E-state index in [0.29, 0.717) is 21.3 Å². The summed E-state index contributed by atoms with van der Waals surface area (Å²) in [5.41, 5.74) is 1.60. The van der Waals surface area contributed by atoms with Crippen molar-refractivity contribution in [2.24, 2.45) is 0 Å². The molecule has 0 N–H and O–H groups in total. The molecule has 0 radical (unpaired) electrons. The van der Waals surface area contributed by atoms with Crippen LogP contribution < -0.4 is 0 Å². The molecule has 19 heavy (non-hydrogen) atoms. The first kappa shape index (κ1) is 12.2. The van der Waals surface area contributed by atoms with Crippen molar-refractivity contribution in [1.82, 2.24) is 9.38 Å². The molecule has 0 spiro atoms. The molecule has 0 saturated heterocycles. The second-order valence-electron chi connectivity index (χ2n) is 4.03. The molecule has 0 fully saturated rings. The molecule has 0 aliphatic carbocycles. The molecule has 0 unspecified atom stereocenters. The van der Waals surface area contributed by atoms with E-state index in [4.69, 9.17) is 23.2 Å². The Labute approximate surface area is 119 Å². The molecule has 0 aliphatic rings. The zero-order valence-electron chi connectivity index (χ0n) is 9.68. The van der Waals surface area contributed by atoms with Gasteiger partial charge in [0.2, 0.25) is 5.78 Å². The average Bonchev–Trinajstić information content (AvgIpc) is 2.82. The SMILES string of the molecule is O=C(c1ccc(Cl)cc1Cl)c1cnc2ccccn12. The summed E-state index contributed by atoms with van der Waals surface area (Å²) in [4.78, 5) is 16.7. The van der Waals surface area contributed by atoms with E-state index in [-0.39, 0.29) is 5.78 Å². The Bertz CT molecular complexity index is 780. The molecule has 3 aromatic rings. The van der Waals surface area contributed by atoms with Crippen molar-refractivity contribution in [1.29, 1.82) is 0 Å². The van der Waals surface area contributed by atoms with Gasteiger partial charge in [0.15, 0.2) is 0 Å². The normalized spacial score (nSPS) is 10.8. The van der Waals surface area contributed by atoms with Gasteiger partial charge in [0, 0.05) is 16.8 Å². The minimum Gasteiger partial charge on any atom is -0.297 e. The number of imidazole rings is 1. The second kappa shape index (κ2) is 4.68. The van der Waals surface area contributed by atoms with Crippen molar-refractivity contribution in [2.75, 3.05) is 0 Å². The lowest BCUT2D eigenvalue weighted by Gasteiger charge is -2.04. The molecule has 2 aromatic heterocycles. The van der Waals surface area contributed by atoms with Crippen LogP contribution in [-0.4, -0.2) is 15.2 Å². The Morgan fingerprint density at radius 1 is 1.16 bits per heavy atom. The molecular formula is C14H8Cl2N2O. The highest BCUT2D eigenvalue weighted by Gasteiger charge is 2.17. The predicted molar refractivity (Wildman–Crippen MR) is 75.1 cm³/mol. The molecule has 2 heterocycles. The highest BCUT2D eigenvalue weighted by Crippen LogP contribution is 2.23. The van der Waals surface area contributed by atoms with Gasteiger partial charge in [-0.1, -0.05) is 29.3 Å². The maximum Gasteiger partial charge on any atom is 0.212 e. The number of carbonyl (C=O) groups excluding carboxylic acids is 1. The Kier molecular flexibility index (Phi) is 3.01. The number of fused-ring (bicyclic) bond motifs is 1. The zero-order chi connectivity index (χ0) is 13.4. The average molecular weight is 291 g/mol. The molecule has 0 aliphatic heterocycles. The smallest absolute Gasteiger partial charge is 0.212 e. The Hall–Kier alpha value is -1.84. The summed E-state index contributed by atoms with van der Waals surface area (Å²) in [5, 5.41) is 0.836.